The van der Waals surface area contributed by atoms with Crippen molar-refractivity contribution >= 4 is 0 Å². The number of phenols is 1. The van der Waals surface area contributed by atoms with Crippen LogP contribution in [-0.4, -0.2) is 62.4 Å². The number of aliphatic hydroxyl groups excluding tert-OH is 4. The fourth-order valence-electron chi connectivity index (χ4n) is 7.92. The maximum atomic E-state index is 11.3. The van der Waals surface area contributed by atoms with Crippen LogP contribution in [0.25, 0.3) is 0 Å². The van der Waals surface area contributed by atoms with Gasteiger partial charge in [-0.3, -0.25) is 0 Å². The number of phenolic OH excluding ortho intramolecular Hbond substituents is 1. The third kappa shape index (κ3) is 9.00. The number of H-pyrrole nitrogens is 1. The van der Waals surface area contributed by atoms with E-state index in [-0.39, 0.29) is 37.5 Å². The van der Waals surface area contributed by atoms with E-state index in [2.05, 4.69) is 23.3 Å². The van der Waals surface area contributed by atoms with Gasteiger partial charge in [0.2, 0.25) is 0 Å². The molecular formula is C38H56N2O7. The van der Waals surface area contributed by atoms with Gasteiger partial charge in [-0.1, -0.05) is 32.3 Å². The molecule has 3 aromatic rings. The van der Waals surface area contributed by atoms with E-state index in [1.165, 1.54) is 24.8 Å². The lowest BCUT2D eigenvalue weighted by Gasteiger charge is -2.35. The molecule has 0 spiro atoms. The maximum Gasteiger partial charge on any atom is 0.161 e. The Kier molecular flexibility index (Phi) is 12.9. The quantitative estimate of drug-likeness (QED) is 0.0938. The highest BCUT2D eigenvalue weighted by Crippen LogP contribution is 2.49. The number of unbranched alkanes of at least 4 members (excludes halogenated alkanes) is 1. The van der Waals surface area contributed by atoms with Crippen molar-refractivity contribution in [2.45, 2.75) is 122 Å². The fraction of sp³-hybridized carbons (Fsp3) is 0.632. The highest BCUT2D eigenvalue weighted by atomic mass is 16.5. The minimum atomic E-state index is -0.909. The van der Waals surface area contributed by atoms with Crippen molar-refractivity contribution < 1.29 is 34.7 Å². The number of furan rings is 1. The molecule has 1 aromatic carbocycles. The molecule has 0 aliphatic heterocycles. The van der Waals surface area contributed by atoms with Crippen molar-refractivity contribution in [1.82, 2.24) is 10.3 Å². The number of ether oxygens (including phenoxy) is 1. The molecule has 1 saturated carbocycles. The van der Waals surface area contributed by atoms with E-state index in [1.807, 2.05) is 18.2 Å². The van der Waals surface area contributed by atoms with E-state index in [0.717, 1.165) is 66.9 Å². The predicted octanol–water partition coefficient (Wildman–Crippen LogP) is 5.60. The second-order valence-electron chi connectivity index (χ2n) is 13.9. The number of aromatic hydroxyl groups is 1. The SMILES string of the molecule is CCCCc1oc(CCc2ccc(O)c(OC[C@H](O)c3cc4c([nH]3)CC[C@H]3CCC[C@@H]3[C@@H]4[C@H](CCCO)NC[C@H](C)O)c2)cc1CO. The highest BCUT2D eigenvalue weighted by molar-refractivity contribution is 5.42. The van der Waals surface area contributed by atoms with Crippen LogP contribution in [0.5, 0.6) is 11.5 Å². The molecule has 0 amide bonds. The molecule has 0 radical (unpaired) electrons. The molecule has 6 atom stereocenters. The van der Waals surface area contributed by atoms with Crippen molar-refractivity contribution in [3.63, 3.8) is 0 Å². The van der Waals surface area contributed by atoms with Gasteiger partial charge in [-0.2, -0.15) is 0 Å². The lowest BCUT2D eigenvalue weighted by atomic mass is 9.75. The summed E-state index contributed by atoms with van der Waals surface area (Å²) in [6, 6.07) is 9.47. The molecule has 2 aromatic heterocycles. The largest absolute Gasteiger partial charge is 0.504 e. The molecule has 260 valence electrons. The van der Waals surface area contributed by atoms with Crippen molar-refractivity contribution in [3.8, 4) is 11.5 Å². The lowest BCUT2D eigenvalue weighted by molar-refractivity contribution is 0.103. The van der Waals surface area contributed by atoms with Crippen LogP contribution in [-0.2, 0) is 32.3 Å². The van der Waals surface area contributed by atoms with Gasteiger partial charge in [0, 0.05) is 54.9 Å². The number of fused-ring (bicyclic) bond motifs is 2. The van der Waals surface area contributed by atoms with E-state index in [1.54, 1.807) is 13.0 Å². The zero-order valence-electron chi connectivity index (χ0n) is 28.2. The van der Waals surface area contributed by atoms with Crippen LogP contribution in [0.15, 0.2) is 34.7 Å². The average Bonchev–Trinajstić information content (AvgIpc) is 3.79. The fourth-order valence-corrected chi connectivity index (χ4v) is 7.92. The van der Waals surface area contributed by atoms with Gasteiger partial charge in [0.05, 0.1) is 12.7 Å². The van der Waals surface area contributed by atoms with Gasteiger partial charge < -0.3 is 45.0 Å². The molecule has 7 N–H and O–H groups in total. The molecule has 1 fully saturated rings. The van der Waals surface area contributed by atoms with Crippen LogP contribution in [0, 0.1) is 11.8 Å². The summed E-state index contributed by atoms with van der Waals surface area (Å²) >= 11 is 0. The lowest BCUT2D eigenvalue weighted by Crippen LogP contribution is -2.42. The predicted molar refractivity (Wildman–Crippen MR) is 182 cm³/mol. The van der Waals surface area contributed by atoms with E-state index in [0.29, 0.717) is 49.1 Å². The molecule has 47 heavy (non-hydrogen) atoms. The van der Waals surface area contributed by atoms with E-state index in [4.69, 9.17) is 9.15 Å². The molecule has 2 aliphatic carbocycles. The Hall–Kier alpha value is -2.82. The van der Waals surface area contributed by atoms with Gasteiger partial charge >= 0.3 is 0 Å². The Bertz CT molecular complexity index is 1400. The van der Waals surface area contributed by atoms with Crippen molar-refractivity contribution in [1.29, 1.82) is 0 Å². The van der Waals surface area contributed by atoms with Crippen LogP contribution < -0.4 is 10.1 Å². The van der Waals surface area contributed by atoms with Crippen LogP contribution in [0.3, 0.4) is 0 Å². The highest BCUT2D eigenvalue weighted by Gasteiger charge is 2.42. The number of aryl methyl sites for hydroxylation is 4. The third-order valence-electron chi connectivity index (χ3n) is 10.4. The molecule has 0 bridgehead atoms. The molecule has 9 heteroatoms. The van der Waals surface area contributed by atoms with Gasteiger partial charge in [0.1, 0.15) is 24.2 Å². The molecule has 5 rings (SSSR count). The summed E-state index contributed by atoms with van der Waals surface area (Å²) in [5.74, 6) is 3.46. The van der Waals surface area contributed by atoms with Crippen LogP contribution in [0.4, 0.5) is 0 Å². The molecule has 9 nitrogen and oxygen atoms in total. The summed E-state index contributed by atoms with van der Waals surface area (Å²) in [6.45, 7) is 4.52. The Balaban J connectivity index is 1.27. The summed E-state index contributed by atoms with van der Waals surface area (Å²) in [6.07, 6.45) is 10.1. The topological polar surface area (TPSA) is 151 Å². The Morgan fingerprint density at radius 3 is 2.66 bits per heavy atom. The first-order valence-electron chi connectivity index (χ1n) is 17.9. The van der Waals surface area contributed by atoms with E-state index >= 15 is 0 Å². The summed E-state index contributed by atoms with van der Waals surface area (Å²) in [5, 5.41) is 54.9. The molecule has 0 saturated heterocycles. The van der Waals surface area contributed by atoms with Crippen LogP contribution in [0.1, 0.15) is 117 Å². The van der Waals surface area contributed by atoms with Gasteiger partial charge in [-0.15, -0.1) is 0 Å². The maximum absolute atomic E-state index is 11.3. The summed E-state index contributed by atoms with van der Waals surface area (Å²) in [4.78, 5) is 3.55. The number of hydrogen-bond acceptors (Lipinski definition) is 8. The third-order valence-corrected chi connectivity index (χ3v) is 10.4. The average molecular weight is 653 g/mol. The summed E-state index contributed by atoms with van der Waals surface area (Å²) < 4.78 is 12.0. The number of nitrogens with one attached hydrogen (secondary N) is 2. The number of aromatic amines is 1. The minimum Gasteiger partial charge on any atom is -0.504 e. The van der Waals surface area contributed by atoms with Gasteiger partial charge in [0.25, 0.3) is 0 Å². The second kappa shape index (κ2) is 17.0. The van der Waals surface area contributed by atoms with Gasteiger partial charge in [-0.25, -0.2) is 0 Å². The molecule has 0 unspecified atom stereocenters. The summed E-state index contributed by atoms with van der Waals surface area (Å²) in [7, 11) is 0. The monoisotopic (exact) mass is 652 g/mol. The first-order valence-corrected chi connectivity index (χ1v) is 17.9. The van der Waals surface area contributed by atoms with E-state index < -0.39 is 12.2 Å². The van der Waals surface area contributed by atoms with Gasteiger partial charge in [-0.05, 0) is 99.1 Å². The molecule has 2 heterocycles. The van der Waals surface area contributed by atoms with Crippen LogP contribution >= 0.6 is 0 Å². The first-order chi connectivity index (χ1) is 22.8. The number of aliphatic hydroxyl groups is 4. The van der Waals surface area contributed by atoms with Crippen molar-refractivity contribution in [2.75, 3.05) is 19.8 Å². The molecule has 2 aliphatic rings. The molecular weight excluding hydrogens is 596 g/mol. The van der Waals surface area contributed by atoms with Crippen molar-refractivity contribution in [2.24, 2.45) is 11.8 Å². The van der Waals surface area contributed by atoms with Gasteiger partial charge in [0.15, 0.2) is 11.5 Å². The number of benzene rings is 1. The number of hydrogen-bond donors (Lipinski definition) is 7. The Labute approximate surface area is 279 Å². The standard InChI is InChI=1S/C38H56N2O7/c1-3-4-10-36-27(22-42)19-28(47-36)14-11-25-12-16-34(44)37(18-25)46-23-35(45)33-20-30-31(40-33)15-13-26-7-5-8-29(26)38(30)32(9-6-17-41)39-21-24(2)43/h12,16,18-20,24,26,29,32,35,38-45H,3-11,13-15,17,21-23H2,1-2H3/t24-,26+,29-,32-,35-,38-/m0/s1. The Morgan fingerprint density at radius 2 is 1.89 bits per heavy atom. The zero-order valence-corrected chi connectivity index (χ0v) is 28.2. The minimum absolute atomic E-state index is 0.0137. The normalized spacial score (nSPS) is 21.2. The number of aromatic nitrogens is 1. The van der Waals surface area contributed by atoms with Crippen molar-refractivity contribution in [3.05, 3.63) is 69.9 Å². The second-order valence-corrected chi connectivity index (χ2v) is 13.9. The zero-order chi connectivity index (χ0) is 33.3. The smallest absolute Gasteiger partial charge is 0.161 e. The van der Waals surface area contributed by atoms with Crippen LogP contribution in [0.2, 0.25) is 0 Å². The van der Waals surface area contributed by atoms with E-state index in [9.17, 15) is 25.5 Å². The first kappa shape index (κ1) is 35.5. The summed E-state index contributed by atoms with van der Waals surface area (Å²) in [5.41, 5.74) is 4.93. The Morgan fingerprint density at radius 1 is 1.04 bits per heavy atom. The number of rotatable bonds is 18.